The summed E-state index contributed by atoms with van der Waals surface area (Å²) in [5.41, 5.74) is 1.33. The van der Waals surface area contributed by atoms with Crippen LogP contribution >= 0.6 is 0 Å². The largest absolute Gasteiger partial charge is 0.509 e. The van der Waals surface area contributed by atoms with Gasteiger partial charge in [-0.05, 0) is 81.4 Å². The van der Waals surface area contributed by atoms with Gasteiger partial charge in [-0.1, -0.05) is 6.92 Å². The topological polar surface area (TPSA) is 97.4 Å². The molecule has 0 aromatic heterocycles. The number of esters is 2. The molecule has 0 unspecified atom stereocenters. The molecule has 184 valence electrons. The van der Waals surface area contributed by atoms with Crippen molar-refractivity contribution in [3.63, 3.8) is 0 Å². The van der Waals surface area contributed by atoms with E-state index in [0.29, 0.717) is 37.2 Å². The summed E-state index contributed by atoms with van der Waals surface area (Å²) in [6.45, 7) is 8.18. The summed E-state index contributed by atoms with van der Waals surface area (Å²) in [6.07, 6.45) is 2.17. The predicted octanol–water partition coefficient (Wildman–Crippen LogP) is 4.24. The Balaban J connectivity index is 1.60. The van der Waals surface area contributed by atoms with Crippen molar-refractivity contribution in [2.75, 3.05) is 20.3 Å². The van der Waals surface area contributed by atoms with E-state index in [-0.39, 0.29) is 18.5 Å². The van der Waals surface area contributed by atoms with Crippen LogP contribution < -0.4 is 4.74 Å². The van der Waals surface area contributed by atoms with E-state index < -0.39 is 35.2 Å². The first-order valence-electron chi connectivity index (χ1n) is 11.6. The molecule has 0 bridgehead atoms. The smallest absolute Gasteiger partial charge is 0.489 e. The van der Waals surface area contributed by atoms with E-state index in [1.807, 2.05) is 26.8 Å². The van der Waals surface area contributed by atoms with E-state index in [0.717, 1.165) is 11.1 Å². The lowest BCUT2D eigenvalue weighted by Crippen LogP contribution is -2.49. The van der Waals surface area contributed by atoms with Crippen LogP contribution in [0, 0.1) is 16.7 Å². The van der Waals surface area contributed by atoms with Crippen molar-refractivity contribution in [2.45, 2.75) is 59.2 Å². The number of hydrogen-bond donors (Lipinski definition) is 0. The zero-order valence-corrected chi connectivity index (χ0v) is 20.3. The molecule has 1 fully saturated rings. The molecule has 2 aliphatic heterocycles. The van der Waals surface area contributed by atoms with Crippen LogP contribution in [0.4, 0.5) is 4.79 Å². The third-order valence-electron chi connectivity index (χ3n) is 7.03. The van der Waals surface area contributed by atoms with Crippen LogP contribution in [0.5, 0.6) is 5.75 Å². The maximum atomic E-state index is 12.2. The van der Waals surface area contributed by atoms with Crippen molar-refractivity contribution < 1.29 is 38.1 Å². The second-order valence-electron chi connectivity index (χ2n) is 10.5. The van der Waals surface area contributed by atoms with Crippen LogP contribution in [-0.4, -0.2) is 50.6 Å². The minimum Gasteiger partial charge on any atom is -0.489 e. The van der Waals surface area contributed by atoms with Gasteiger partial charge in [0.15, 0.2) is 12.2 Å². The van der Waals surface area contributed by atoms with Crippen LogP contribution in [-0.2, 0) is 30.2 Å². The van der Waals surface area contributed by atoms with Gasteiger partial charge in [-0.3, -0.25) is 4.79 Å². The van der Waals surface area contributed by atoms with Gasteiger partial charge in [0, 0.05) is 5.41 Å². The van der Waals surface area contributed by atoms with Crippen molar-refractivity contribution in [1.29, 1.82) is 0 Å². The number of methoxy groups -OCH3 is 1. The number of ether oxygens (including phenoxy) is 5. The molecule has 8 nitrogen and oxygen atoms in total. The van der Waals surface area contributed by atoms with Gasteiger partial charge in [-0.15, -0.1) is 0 Å². The molecule has 1 aromatic rings. The lowest BCUT2D eigenvalue weighted by Gasteiger charge is -2.45. The van der Waals surface area contributed by atoms with Gasteiger partial charge in [-0.2, -0.15) is 0 Å². The highest BCUT2D eigenvalue weighted by Crippen LogP contribution is 2.52. The summed E-state index contributed by atoms with van der Waals surface area (Å²) >= 11 is 0. The Labute approximate surface area is 199 Å². The predicted molar refractivity (Wildman–Crippen MR) is 121 cm³/mol. The van der Waals surface area contributed by atoms with E-state index in [1.165, 1.54) is 7.11 Å². The molecule has 0 radical (unpaired) electrons. The molecule has 34 heavy (non-hydrogen) atoms. The van der Waals surface area contributed by atoms with Gasteiger partial charge in [0.05, 0.1) is 24.7 Å². The van der Waals surface area contributed by atoms with Crippen LogP contribution in [0.25, 0.3) is 0 Å². The van der Waals surface area contributed by atoms with Gasteiger partial charge >= 0.3 is 18.1 Å². The first kappa shape index (κ1) is 24.1. The normalized spacial score (nSPS) is 27.5. The Kier molecular flexibility index (Phi) is 6.36. The molecule has 0 N–H and O–H groups in total. The molecule has 3 aliphatic rings. The van der Waals surface area contributed by atoms with E-state index in [1.54, 1.807) is 18.2 Å². The highest BCUT2D eigenvalue weighted by molar-refractivity contribution is 5.89. The summed E-state index contributed by atoms with van der Waals surface area (Å²) in [7, 11) is 1.35. The van der Waals surface area contributed by atoms with Gasteiger partial charge in [-0.25, -0.2) is 9.59 Å². The molecule has 2 heterocycles. The highest BCUT2D eigenvalue weighted by atomic mass is 16.8. The molecular weight excluding hydrogens is 440 g/mol. The second kappa shape index (κ2) is 8.96. The fourth-order valence-corrected chi connectivity index (χ4v) is 5.12. The first-order chi connectivity index (χ1) is 16.0. The van der Waals surface area contributed by atoms with E-state index >= 15 is 0 Å². The van der Waals surface area contributed by atoms with Crippen LogP contribution in [0.1, 0.15) is 56.5 Å². The Hall–Kier alpha value is -3.03. The van der Waals surface area contributed by atoms with Crippen molar-refractivity contribution in [2.24, 2.45) is 16.7 Å². The maximum absolute atomic E-state index is 12.2. The van der Waals surface area contributed by atoms with Gasteiger partial charge in [0.25, 0.3) is 0 Å². The highest BCUT2D eigenvalue weighted by Gasteiger charge is 2.56. The standard InChI is InChI=1S/C26H32O8/c1-25(2,3)23(28)31-10-6-9-26(4)18-12-16-11-15(22(27)30-5)7-8-19(16)32-14-17(18)13-20-21(26)34-24(29)33-20/h7-8,11,13,18,20-21H,6,9-10,12,14H2,1-5H3/t18-,20-,21-,26+/m1/s1. The minimum absolute atomic E-state index is 0.0179. The molecule has 8 heteroatoms. The van der Waals surface area contributed by atoms with Crippen LogP contribution in [0.3, 0.4) is 0 Å². The number of rotatable bonds is 5. The molecule has 4 rings (SSSR count). The van der Waals surface area contributed by atoms with E-state index in [4.69, 9.17) is 23.7 Å². The Morgan fingerprint density at radius 2 is 1.97 bits per heavy atom. The summed E-state index contributed by atoms with van der Waals surface area (Å²) in [5.74, 6) is 0.0405. The summed E-state index contributed by atoms with van der Waals surface area (Å²) in [5, 5.41) is 0. The molecule has 4 atom stereocenters. The fourth-order valence-electron chi connectivity index (χ4n) is 5.12. The second-order valence-corrected chi connectivity index (χ2v) is 10.5. The molecule has 1 aromatic carbocycles. The molecule has 1 aliphatic carbocycles. The Bertz CT molecular complexity index is 1020. The van der Waals surface area contributed by atoms with Crippen molar-refractivity contribution >= 4 is 18.1 Å². The number of hydrogen-bond acceptors (Lipinski definition) is 8. The zero-order chi connectivity index (χ0) is 24.7. The average Bonchev–Trinajstić information content (AvgIpc) is 3.06. The molecule has 0 amide bonds. The first-order valence-corrected chi connectivity index (χ1v) is 11.6. The molecular formula is C26H32O8. The number of benzene rings is 1. The molecule has 0 saturated carbocycles. The number of carbonyl (C=O) groups is 3. The van der Waals surface area contributed by atoms with Gasteiger partial charge in [0.2, 0.25) is 0 Å². The minimum atomic E-state index is -0.678. The van der Waals surface area contributed by atoms with Crippen LogP contribution in [0.2, 0.25) is 0 Å². The summed E-state index contributed by atoms with van der Waals surface area (Å²) < 4.78 is 27.5. The van der Waals surface area contributed by atoms with E-state index in [9.17, 15) is 14.4 Å². The summed E-state index contributed by atoms with van der Waals surface area (Å²) in [4.78, 5) is 36.3. The lowest BCUT2D eigenvalue weighted by molar-refractivity contribution is -0.153. The molecule has 1 saturated heterocycles. The zero-order valence-electron chi connectivity index (χ0n) is 20.3. The third kappa shape index (κ3) is 4.50. The maximum Gasteiger partial charge on any atom is 0.509 e. The Morgan fingerprint density at radius 1 is 1.21 bits per heavy atom. The lowest BCUT2D eigenvalue weighted by atomic mass is 9.61. The summed E-state index contributed by atoms with van der Waals surface area (Å²) in [6, 6.07) is 5.29. The third-order valence-corrected chi connectivity index (χ3v) is 7.03. The van der Waals surface area contributed by atoms with Crippen LogP contribution in [0.15, 0.2) is 29.8 Å². The van der Waals surface area contributed by atoms with Crippen molar-refractivity contribution in [3.05, 3.63) is 41.0 Å². The monoisotopic (exact) mass is 472 g/mol. The fraction of sp³-hybridized carbons (Fsp3) is 0.577. The van der Waals surface area contributed by atoms with Crippen molar-refractivity contribution in [1.82, 2.24) is 0 Å². The van der Waals surface area contributed by atoms with Gasteiger partial charge < -0.3 is 23.7 Å². The van der Waals surface area contributed by atoms with Crippen molar-refractivity contribution in [3.8, 4) is 5.75 Å². The number of carbonyl (C=O) groups excluding carboxylic acids is 3. The Morgan fingerprint density at radius 3 is 2.68 bits per heavy atom. The quantitative estimate of drug-likeness (QED) is 0.272. The SMILES string of the molecule is COC(=O)c1ccc2c(c1)C[C@@H]1C(=C[C@H]3OC(=O)O[C@H]3[C@@]1(C)CCCOC(=O)C(C)(C)C)CO2. The molecule has 0 spiro atoms. The van der Waals surface area contributed by atoms with Gasteiger partial charge in [0.1, 0.15) is 12.4 Å². The number of fused-ring (bicyclic) bond motifs is 3. The van der Waals surface area contributed by atoms with E-state index in [2.05, 4.69) is 6.92 Å². The average molecular weight is 473 g/mol.